The van der Waals surface area contributed by atoms with Crippen molar-refractivity contribution < 1.29 is 38.3 Å². The van der Waals surface area contributed by atoms with Gasteiger partial charge in [-0.3, -0.25) is 29.9 Å². The van der Waals surface area contributed by atoms with Crippen LogP contribution in [-0.4, -0.2) is 360 Å². The third-order valence-electron chi connectivity index (χ3n) is 28.4. The van der Waals surface area contributed by atoms with Gasteiger partial charge in [0.1, 0.15) is 30.5 Å². The Morgan fingerprint density at radius 3 is 1.21 bits per heavy atom. The molecule has 10 heterocycles. The van der Waals surface area contributed by atoms with Gasteiger partial charge in [0, 0.05) is 213 Å². The fourth-order valence-corrected chi connectivity index (χ4v) is 23.1. The zero-order chi connectivity index (χ0) is 94.4. The number of hydrogen-bond acceptors (Lipinski definition) is 30. The molecule has 1 aliphatic carbocycles. The van der Waals surface area contributed by atoms with Crippen LogP contribution in [0.1, 0.15) is 251 Å². The molecule has 11 aliphatic rings. The number of hydrogen-bond donors (Lipinski definition) is 18. The third kappa shape index (κ3) is 37.2. The molecule has 740 valence electrons. The summed E-state index contributed by atoms with van der Waals surface area (Å²) in [4.78, 5) is 17.4. The third-order valence-corrected chi connectivity index (χ3v) is 31.1. The SMILES string of the molecule is CC(C)(C)NC[C@H]1O[C@H](OC2C(O)C(O)[C@H](N)C[C@@H]2N)C(N)C(O)C1O.CC(C)N1C[C@@H](C)C[C@H](N)C1.CC(C)N1C[C@@H](N)C[C@H]1CN.CC(C)N1C[C@H](C)C[C@H](N)C1.CC(C)NN1C[C@H](C)C[C@H](N)C1.CCC1C(CN)C2CCC1N2C(C)C.CCC1CN(C(C)C)CC(CN)S1(=O)=O.CC[C@@H]1CN(C(C)C)C[C@H]1CN.CC[C@H]1CN(C(C)C)C[C@@H]1CN. The lowest BCUT2D eigenvalue weighted by Gasteiger charge is -2.46. The van der Waals surface area contributed by atoms with Gasteiger partial charge in [0.2, 0.25) is 0 Å². The number of nitrogens with two attached hydrogens (primary N) is 12. The Labute approximate surface area is 759 Å². The van der Waals surface area contributed by atoms with Gasteiger partial charge in [-0.2, -0.15) is 0 Å². The predicted octanol–water partition coefficient (Wildman–Crippen LogP) is 3.46. The van der Waals surface area contributed by atoms with Gasteiger partial charge in [-0.05, 0) is 256 Å². The van der Waals surface area contributed by atoms with Gasteiger partial charge in [0.15, 0.2) is 16.1 Å². The normalized spacial score (nSPS) is 37.1. The van der Waals surface area contributed by atoms with E-state index >= 15 is 0 Å². The Morgan fingerprint density at radius 1 is 0.427 bits per heavy atom. The second kappa shape index (κ2) is 56.9. The zero-order valence-corrected chi connectivity index (χ0v) is 84.7. The maximum Gasteiger partial charge on any atom is 0.176 e. The summed E-state index contributed by atoms with van der Waals surface area (Å²) >= 11 is 0. The van der Waals surface area contributed by atoms with Crippen molar-refractivity contribution in [3.63, 3.8) is 0 Å². The maximum absolute atomic E-state index is 12.0. The number of rotatable bonds is 22. The van der Waals surface area contributed by atoms with Crippen LogP contribution < -0.4 is 79.5 Å². The Morgan fingerprint density at radius 2 is 0.855 bits per heavy atom. The van der Waals surface area contributed by atoms with E-state index in [0.717, 1.165) is 137 Å². The molecule has 0 amide bonds. The van der Waals surface area contributed by atoms with E-state index < -0.39 is 70.9 Å². The van der Waals surface area contributed by atoms with E-state index in [0.29, 0.717) is 98.1 Å². The summed E-state index contributed by atoms with van der Waals surface area (Å²) in [5.74, 6) is 7.12. The molecule has 0 aromatic heterocycles. The van der Waals surface area contributed by atoms with Gasteiger partial charge in [-0.1, -0.05) is 67.7 Å². The molecule has 0 aromatic carbocycles. The van der Waals surface area contributed by atoms with E-state index in [1.54, 1.807) is 0 Å². The molecular weight excluding hydrogens is 1590 g/mol. The number of fused-ring (bicyclic) bond motifs is 2. The van der Waals surface area contributed by atoms with Crippen molar-refractivity contribution in [1.82, 2.24) is 50.1 Å². The molecular formula is C93H204N22O8S. The molecule has 12 unspecified atom stereocenters. The lowest BCUT2D eigenvalue weighted by Crippen LogP contribution is -2.67. The number of aliphatic hydroxyl groups is 4. The van der Waals surface area contributed by atoms with Crippen molar-refractivity contribution in [2.75, 3.05) is 124 Å². The standard InChI is InChI=1S/C16H34N4O6.C12H24N2.C10H22N2O2S.2C10H22N2.C9H21N3.2C9H20N2.C8H19N3/c1-16(2,3)20-5-8-11(22)12(23)9(19)15(25-8)26-14-7(18)4-6(17)10(21)13(14)24;1-4-9-10(7-13)12-6-5-11(9)14(12)8(2)3;1-4-9-6-12(8(2)3)7-10(5-11)15(9,13)14;2*1-4-9-6-12(8(2)3)7-10(9)5-11;1-7(2)11-12-5-8(3)4-9(10)6-12;2*1-7(2)11-5-8(3)4-9(10)6-11;1-6(2)11-5-7(10)3-8(11)4-9/h6-15,20-24H,4-5,17-19H2,1-3H3;8-12H,4-7,13H2,1-3H3;8-10H,4-7,11H2,1-3H3;2*8-10H,4-7,11H2,1-3H3;7-9,11H,4-6,10H2,1-3H3;2*7-9H,4-6,10H2,1-3H3;6-8H,3-5,9-10H2,1-2H3/t6-,7+,8-,9?,10?,11?,12?,13?,14?,15-;;;2*9-,10-;2*8-,9+;8-,9-;7-,8-/m1..101100/s1. The van der Waals surface area contributed by atoms with Gasteiger partial charge in [0.05, 0.1) is 22.6 Å². The van der Waals surface area contributed by atoms with Crippen LogP contribution in [0.5, 0.6) is 0 Å². The number of nitrogens with one attached hydrogen (secondary N) is 2. The average molecular weight is 1790 g/mol. The van der Waals surface area contributed by atoms with Gasteiger partial charge in [0.25, 0.3) is 0 Å². The predicted molar refractivity (Wildman–Crippen MR) is 518 cm³/mol. The first-order chi connectivity index (χ1) is 57.8. The molecule has 0 aromatic rings. The number of likely N-dealkylation sites (tertiary alicyclic amines) is 5. The molecule has 10 saturated heterocycles. The Bertz CT molecular complexity index is 2750. The quantitative estimate of drug-likeness (QED) is 0.0738. The number of sulfone groups is 1. The molecule has 2 bridgehead atoms. The van der Waals surface area contributed by atoms with Crippen molar-refractivity contribution in [1.29, 1.82) is 0 Å². The van der Waals surface area contributed by atoms with Gasteiger partial charge < -0.3 is 114 Å². The van der Waals surface area contributed by atoms with E-state index in [1.165, 1.54) is 84.2 Å². The minimum Gasteiger partial charge on any atom is -0.389 e. The second-order valence-electron chi connectivity index (χ2n) is 42.8. The lowest BCUT2D eigenvalue weighted by atomic mass is 9.78. The number of aliphatic hydroxyl groups excluding tert-OH is 4. The second-order valence-corrected chi connectivity index (χ2v) is 45.3. The molecule has 0 spiro atoms. The van der Waals surface area contributed by atoms with Crippen molar-refractivity contribution in [2.24, 2.45) is 122 Å². The van der Waals surface area contributed by atoms with E-state index in [-0.39, 0.29) is 35.5 Å². The lowest BCUT2D eigenvalue weighted by molar-refractivity contribution is -0.289. The summed E-state index contributed by atoms with van der Waals surface area (Å²) in [6, 6.07) is 6.22. The van der Waals surface area contributed by atoms with E-state index in [4.69, 9.17) is 78.3 Å². The Balaban J connectivity index is 0.000000366. The minimum absolute atomic E-state index is 0.216. The van der Waals surface area contributed by atoms with Crippen LogP contribution in [0.25, 0.3) is 0 Å². The highest BCUT2D eigenvalue weighted by Gasteiger charge is 2.53. The molecule has 28 atom stereocenters. The van der Waals surface area contributed by atoms with E-state index in [2.05, 4.69) is 202 Å². The largest absolute Gasteiger partial charge is 0.389 e. The zero-order valence-electron chi connectivity index (χ0n) is 83.8. The van der Waals surface area contributed by atoms with Gasteiger partial charge >= 0.3 is 0 Å². The number of ether oxygens (including phenoxy) is 2. The maximum atomic E-state index is 12.0. The van der Waals surface area contributed by atoms with Crippen molar-refractivity contribution in [3.05, 3.63) is 0 Å². The molecule has 1 saturated carbocycles. The van der Waals surface area contributed by atoms with Crippen LogP contribution in [0.3, 0.4) is 0 Å². The molecule has 30 nitrogen and oxygen atoms in total. The number of nitrogens with zero attached hydrogens (tertiary/aromatic N) is 8. The van der Waals surface area contributed by atoms with Crippen molar-refractivity contribution in [3.8, 4) is 0 Å². The first-order valence-electron chi connectivity index (χ1n) is 49.4. The van der Waals surface area contributed by atoms with Crippen LogP contribution in [-0.2, 0) is 19.3 Å². The molecule has 11 rings (SSSR count). The van der Waals surface area contributed by atoms with E-state index in [9.17, 15) is 28.8 Å². The summed E-state index contributed by atoms with van der Waals surface area (Å²) in [5.41, 5.74) is 73.0. The summed E-state index contributed by atoms with van der Waals surface area (Å²) in [5, 5.41) is 45.5. The Hall–Kier alpha value is -1.17. The first kappa shape index (κ1) is 117. The summed E-state index contributed by atoms with van der Waals surface area (Å²) < 4.78 is 35.5. The average Bonchev–Trinajstić information content (AvgIpc) is 1.62. The fraction of sp³-hybridized carbons (Fsp3) is 1.00. The first-order valence-corrected chi connectivity index (χ1v) is 51.0. The Kier molecular flexibility index (Phi) is 53.7. The molecule has 11 fully saturated rings. The molecule has 31 heteroatoms. The topological polar surface area (TPSA) is 496 Å². The molecule has 30 N–H and O–H groups in total. The highest BCUT2D eigenvalue weighted by Crippen LogP contribution is 2.48. The highest BCUT2D eigenvalue weighted by atomic mass is 32.2. The van der Waals surface area contributed by atoms with Crippen LogP contribution in [0.4, 0.5) is 0 Å². The fourth-order valence-electron chi connectivity index (χ4n) is 21.0. The molecule has 0 radical (unpaired) electrons. The van der Waals surface area contributed by atoms with Crippen LogP contribution in [0, 0.1) is 53.3 Å². The van der Waals surface area contributed by atoms with Crippen molar-refractivity contribution in [2.45, 2.75) is 418 Å². The smallest absolute Gasteiger partial charge is 0.176 e. The van der Waals surface area contributed by atoms with Crippen LogP contribution >= 0.6 is 0 Å². The van der Waals surface area contributed by atoms with Crippen LogP contribution in [0.2, 0.25) is 0 Å². The van der Waals surface area contributed by atoms with Gasteiger partial charge in [-0.15, -0.1) is 0 Å². The summed E-state index contributed by atoms with van der Waals surface area (Å²) in [6.07, 6.45) is 4.46. The molecule has 124 heavy (non-hydrogen) atoms. The monoisotopic (exact) mass is 1790 g/mol. The summed E-state index contributed by atoms with van der Waals surface area (Å²) in [7, 11) is -3.00. The summed E-state index contributed by atoms with van der Waals surface area (Å²) in [6.45, 7) is 74.9. The number of piperidine rings is 3. The minimum atomic E-state index is -3.00. The van der Waals surface area contributed by atoms with Crippen LogP contribution in [0.15, 0.2) is 0 Å². The van der Waals surface area contributed by atoms with E-state index in [1.807, 2.05) is 27.7 Å². The highest BCUT2D eigenvalue weighted by molar-refractivity contribution is 7.92. The number of hydrazine groups is 1. The van der Waals surface area contributed by atoms with Crippen molar-refractivity contribution >= 4 is 9.84 Å². The molecule has 10 aliphatic heterocycles. The van der Waals surface area contributed by atoms with Gasteiger partial charge in [-0.25, -0.2) is 13.4 Å².